The molecule has 0 amide bonds. The van der Waals surface area contributed by atoms with E-state index in [1.807, 2.05) is 6.33 Å². The summed E-state index contributed by atoms with van der Waals surface area (Å²) in [5, 5.41) is 11.6. The van der Waals surface area contributed by atoms with Crippen molar-refractivity contribution in [3.8, 4) is 0 Å². The van der Waals surface area contributed by atoms with Crippen LogP contribution in [-0.4, -0.2) is 59.1 Å². The fourth-order valence-electron chi connectivity index (χ4n) is 2.90. The SMILES string of the molecule is CNC(CN1CCn2cnnc2C1)C1CCOC1. The molecule has 0 aromatic carbocycles. The Labute approximate surface area is 107 Å². The second-order valence-electron chi connectivity index (χ2n) is 5.19. The summed E-state index contributed by atoms with van der Waals surface area (Å²) in [7, 11) is 2.05. The molecule has 2 unspecified atom stereocenters. The van der Waals surface area contributed by atoms with Gasteiger partial charge < -0.3 is 14.6 Å². The van der Waals surface area contributed by atoms with Crippen molar-refractivity contribution in [2.45, 2.75) is 25.6 Å². The van der Waals surface area contributed by atoms with E-state index in [9.17, 15) is 0 Å². The van der Waals surface area contributed by atoms with Crippen LogP contribution >= 0.6 is 0 Å². The molecule has 3 rings (SSSR count). The molecule has 0 aliphatic carbocycles. The summed E-state index contributed by atoms with van der Waals surface area (Å²) in [6, 6.07) is 0.516. The molecule has 1 fully saturated rings. The highest BCUT2D eigenvalue weighted by Gasteiger charge is 2.27. The molecular weight excluding hydrogens is 230 g/mol. The standard InChI is InChI=1S/C12H21N5O/c1-13-11(10-2-5-18-8-10)6-16-3-4-17-9-14-15-12(17)7-16/h9-11,13H,2-8H2,1H3. The average Bonchev–Trinajstić information content (AvgIpc) is 3.06. The Kier molecular flexibility index (Phi) is 3.58. The topological polar surface area (TPSA) is 55.2 Å². The first-order valence-electron chi connectivity index (χ1n) is 6.71. The lowest BCUT2D eigenvalue weighted by atomic mass is 9.98. The van der Waals surface area contributed by atoms with Crippen molar-refractivity contribution in [1.29, 1.82) is 0 Å². The van der Waals surface area contributed by atoms with Crippen molar-refractivity contribution < 1.29 is 4.74 Å². The van der Waals surface area contributed by atoms with Crippen LogP contribution in [0.5, 0.6) is 0 Å². The van der Waals surface area contributed by atoms with E-state index in [0.717, 1.165) is 45.2 Å². The molecule has 2 atom stereocenters. The molecule has 6 heteroatoms. The van der Waals surface area contributed by atoms with Gasteiger partial charge in [0.1, 0.15) is 12.2 Å². The number of fused-ring (bicyclic) bond motifs is 1. The van der Waals surface area contributed by atoms with Crippen molar-refractivity contribution in [3.05, 3.63) is 12.2 Å². The number of nitrogens with zero attached hydrogens (tertiary/aromatic N) is 4. The molecule has 1 saturated heterocycles. The van der Waals surface area contributed by atoms with Gasteiger partial charge in [0.2, 0.25) is 0 Å². The lowest BCUT2D eigenvalue weighted by molar-refractivity contribution is 0.150. The Bertz CT molecular complexity index is 388. The first-order valence-corrected chi connectivity index (χ1v) is 6.71. The highest BCUT2D eigenvalue weighted by molar-refractivity contribution is 4.91. The minimum Gasteiger partial charge on any atom is -0.381 e. The van der Waals surface area contributed by atoms with Gasteiger partial charge in [-0.25, -0.2) is 0 Å². The van der Waals surface area contributed by atoms with Crippen molar-refractivity contribution in [1.82, 2.24) is 25.0 Å². The number of aromatic nitrogens is 3. The number of rotatable bonds is 4. The quantitative estimate of drug-likeness (QED) is 0.797. The second-order valence-corrected chi connectivity index (χ2v) is 5.19. The summed E-state index contributed by atoms with van der Waals surface area (Å²) in [6.45, 7) is 5.87. The van der Waals surface area contributed by atoms with Crippen LogP contribution in [0.3, 0.4) is 0 Å². The van der Waals surface area contributed by atoms with Gasteiger partial charge in [0.25, 0.3) is 0 Å². The normalized spacial score (nSPS) is 26.2. The number of hydrogen-bond donors (Lipinski definition) is 1. The number of nitrogens with one attached hydrogen (secondary N) is 1. The van der Waals surface area contributed by atoms with E-state index in [0.29, 0.717) is 12.0 Å². The zero-order valence-electron chi connectivity index (χ0n) is 10.9. The maximum atomic E-state index is 5.49. The Morgan fingerprint density at radius 3 is 3.28 bits per heavy atom. The van der Waals surface area contributed by atoms with Crippen molar-refractivity contribution >= 4 is 0 Å². The average molecular weight is 251 g/mol. The van der Waals surface area contributed by atoms with E-state index >= 15 is 0 Å². The minimum absolute atomic E-state index is 0.516. The van der Waals surface area contributed by atoms with Crippen LogP contribution in [0, 0.1) is 5.92 Å². The van der Waals surface area contributed by atoms with Gasteiger partial charge >= 0.3 is 0 Å². The number of likely N-dealkylation sites (N-methyl/N-ethyl adjacent to an activating group) is 1. The lowest BCUT2D eigenvalue weighted by Gasteiger charge is -2.32. The van der Waals surface area contributed by atoms with E-state index in [1.165, 1.54) is 6.42 Å². The second kappa shape index (κ2) is 5.34. The molecule has 1 aromatic heterocycles. The van der Waals surface area contributed by atoms with Crippen molar-refractivity contribution in [2.75, 3.05) is 33.4 Å². The minimum atomic E-state index is 0.516. The smallest absolute Gasteiger partial charge is 0.147 e. The Morgan fingerprint density at radius 2 is 2.50 bits per heavy atom. The van der Waals surface area contributed by atoms with Crippen LogP contribution in [0.4, 0.5) is 0 Å². The van der Waals surface area contributed by atoms with Gasteiger partial charge in [-0.05, 0) is 13.5 Å². The summed E-state index contributed by atoms with van der Waals surface area (Å²) in [4.78, 5) is 2.46. The highest BCUT2D eigenvalue weighted by Crippen LogP contribution is 2.19. The predicted octanol–water partition coefficient (Wildman–Crippen LogP) is -0.282. The van der Waals surface area contributed by atoms with Crippen LogP contribution < -0.4 is 5.32 Å². The molecule has 0 saturated carbocycles. The monoisotopic (exact) mass is 251 g/mol. The van der Waals surface area contributed by atoms with Gasteiger partial charge in [-0.1, -0.05) is 0 Å². The molecule has 0 bridgehead atoms. The molecular formula is C12H21N5O. The van der Waals surface area contributed by atoms with Crippen LogP contribution in [0.15, 0.2) is 6.33 Å². The summed E-state index contributed by atoms with van der Waals surface area (Å²) in [5.41, 5.74) is 0. The Balaban J connectivity index is 1.59. The summed E-state index contributed by atoms with van der Waals surface area (Å²) in [5.74, 6) is 1.73. The molecule has 0 spiro atoms. The first-order chi connectivity index (χ1) is 8.86. The van der Waals surface area contributed by atoms with Crippen molar-refractivity contribution in [3.63, 3.8) is 0 Å². The fraction of sp³-hybridized carbons (Fsp3) is 0.833. The first kappa shape index (κ1) is 12.1. The molecule has 6 nitrogen and oxygen atoms in total. The van der Waals surface area contributed by atoms with Gasteiger partial charge in [0.15, 0.2) is 0 Å². The molecule has 3 heterocycles. The van der Waals surface area contributed by atoms with E-state index in [-0.39, 0.29) is 0 Å². The maximum absolute atomic E-state index is 5.49. The van der Waals surface area contributed by atoms with E-state index in [2.05, 4.69) is 32.0 Å². The van der Waals surface area contributed by atoms with Crippen LogP contribution in [0.1, 0.15) is 12.2 Å². The van der Waals surface area contributed by atoms with Crippen molar-refractivity contribution in [2.24, 2.45) is 5.92 Å². The third kappa shape index (κ3) is 2.41. The summed E-state index contributed by atoms with van der Waals surface area (Å²) < 4.78 is 7.63. The maximum Gasteiger partial charge on any atom is 0.147 e. The van der Waals surface area contributed by atoms with Gasteiger partial charge in [-0.15, -0.1) is 10.2 Å². The predicted molar refractivity (Wildman–Crippen MR) is 67.1 cm³/mol. The zero-order chi connectivity index (χ0) is 12.4. The van der Waals surface area contributed by atoms with Gasteiger partial charge in [-0.2, -0.15) is 0 Å². The number of hydrogen-bond acceptors (Lipinski definition) is 5. The fourth-order valence-corrected chi connectivity index (χ4v) is 2.90. The highest BCUT2D eigenvalue weighted by atomic mass is 16.5. The van der Waals surface area contributed by atoms with E-state index < -0.39 is 0 Å². The lowest BCUT2D eigenvalue weighted by Crippen LogP contribution is -2.46. The Hall–Kier alpha value is -0.980. The van der Waals surface area contributed by atoms with E-state index in [1.54, 1.807) is 0 Å². The molecule has 2 aliphatic rings. The number of ether oxygens (including phenoxy) is 1. The zero-order valence-corrected chi connectivity index (χ0v) is 10.9. The third-order valence-corrected chi connectivity index (χ3v) is 4.08. The molecule has 100 valence electrons. The molecule has 18 heavy (non-hydrogen) atoms. The molecule has 1 N–H and O–H groups in total. The molecule has 1 aromatic rings. The van der Waals surface area contributed by atoms with Gasteiger partial charge in [0, 0.05) is 38.2 Å². The van der Waals surface area contributed by atoms with Gasteiger partial charge in [0.05, 0.1) is 13.2 Å². The third-order valence-electron chi connectivity index (χ3n) is 4.08. The largest absolute Gasteiger partial charge is 0.381 e. The summed E-state index contributed by atoms with van der Waals surface area (Å²) >= 11 is 0. The Morgan fingerprint density at radius 1 is 1.56 bits per heavy atom. The van der Waals surface area contributed by atoms with E-state index in [4.69, 9.17) is 4.74 Å². The molecule has 0 radical (unpaired) electrons. The summed E-state index contributed by atoms with van der Waals surface area (Å²) in [6.07, 6.45) is 3.00. The van der Waals surface area contributed by atoms with Crippen LogP contribution in [0.2, 0.25) is 0 Å². The van der Waals surface area contributed by atoms with Crippen LogP contribution in [0.25, 0.3) is 0 Å². The molecule has 2 aliphatic heterocycles. The van der Waals surface area contributed by atoms with Gasteiger partial charge in [-0.3, -0.25) is 4.90 Å². The van der Waals surface area contributed by atoms with Crippen LogP contribution in [-0.2, 0) is 17.8 Å².